The fraction of sp³-hybridized carbons (Fsp3) is 0.200. The van der Waals surface area contributed by atoms with Crippen LogP contribution in [0.4, 0.5) is 0 Å². The zero-order valence-corrected chi connectivity index (χ0v) is 18.5. The van der Waals surface area contributed by atoms with Crippen LogP contribution in [-0.2, 0) is 10.1 Å². The second-order valence-electron chi connectivity index (χ2n) is 7.48. The second kappa shape index (κ2) is 9.18. The van der Waals surface area contributed by atoms with Crippen LogP contribution in [0.25, 0.3) is 22.3 Å². The van der Waals surface area contributed by atoms with E-state index in [0.29, 0.717) is 12.4 Å². The SMILES string of the molecule is CC(C)=CCOc1ccc(-c2ccc(-c3ccc(C)cc3)cc2)cc1OS(C)(=O)=O. The minimum Gasteiger partial charge on any atom is -0.486 e. The van der Waals surface area contributed by atoms with Gasteiger partial charge in [0, 0.05) is 0 Å². The highest BCUT2D eigenvalue weighted by Crippen LogP contribution is 2.34. The molecule has 0 aliphatic rings. The first kappa shape index (κ1) is 21.7. The van der Waals surface area contributed by atoms with E-state index in [-0.39, 0.29) is 5.75 Å². The van der Waals surface area contributed by atoms with Gasteiger partial charge in [0.2, 0.25) is 0 Å². The third-order valence-electron chi connectivity index (χ3n) is 4.52. The largest absolute Gasteiger partial charge is 0.486 e. The molecular weight excluding hydrogens is 396 g/mol. The Hall–Kier alpha value is -3.05. The summed E-state index contributed by atoms with van der Waals surface area (Å²) >= 11 is 0. The van der Waals surface area contributed by atoms with Crippen molar-refractivity contribution in [2.24, 2.45) is 0 Å². The lowest BCUT2D eigenvalue weighted by molar-refractivity contribution is 0.347. The van der Waals surface area contributed by atoms with Crippen molar-refractivity contribution in [1.29, 1.82) is 0 Å². The van der Waals surface area contributed by atoms with Crippen LogP contribution in [0.5, 0.6) is 11.5 Å². The van der Waals surface area contributed by atoms with Crippen LogP contribution in [0.15, 0.2) is 78.4 Å². The Kier molecular flexibility index (Phi) is 6.63. The molecule has 0 unspecified atom stereocenters. The maximum absolute atomic E-state index is 11.7. The van der Waals surface area contributed by atoms with E-state index in [4.69, 9.17) is 8.92 Å². The van der Waals surface area contributed by atoms with E-state index in [1.807, 2.05) is 38.1 Å². The molecule has 0 aromatic heterocycles. The minimum atomic E-state index is -3.68. The van der Waals surface area contributed by atoms with Crippen molar-refractivity contribution in [2.45, 2.75) is 20.8 Å². The normalized spacial score (nSPS) is 11.1. The molecule has 156 valence electrons. The lowest BCUT2D eigenvalue weighted by atomic mass is 9.99. The summed E-state index contributed by atoms with van der Waals surface area (Å²) in [5.41, 5.74) is 6.41. The monoisotopic (exact) mass is 422 g/mol. The Bertz CT molecular complexity index is 1140. The minimum absolute atomic E-state index is 0.180. The van der Waals surface area contributed by atoms with Gasteiger partial charge in [-0.05, 0) is 61.2 Å². The van der Waals surface area contributed by atoms with Gasteiger partial charge in [-0.1, -0.05) is 65.7 Å². The summed E-state index contributed by atoms with van der Waals surface area (Å²) in [6.07, 6.45) is 2.94. The number of benzene rings is 3. The first-order valence-corrected chi connectivity index (χ1v) is 11.5. The van der Waals surface area contributed by atoms with Crippen LogP contribution >= 0.6 is 0 Å². The van der Waals surface area contributed by atoms with Gasteiger partial charge in [0.05, 0.1) is 6.26 Å². The smallest absolute Gasteiger partial charge is 0.306 e. The average molecular weight is 423 g/mol. The number of hydrogen-bond acceptors (Lipinski definition) is 4. The van der Waals surface area contributed by atoms with E-state index in [0.717, 1.165) is 34.1 Å². The molecule has 0 radical (unpaired) electrons. The highest BCUT2D eigenvalue weighted by Gasteiger charge is 2.13. The predicted molar refractivity (Wildman–Crippen MR) is 122 cm³/mol. The van der Waals surface area contributed by atoms with Crippen molar-refractivity contribution in [2.75, 3.05) is 12.9 Å². The van der Waals surface area contributed by atoms with E-state index >= 15 is 0 Å². The fourth-order valence-electron chi connectivity index (χ4n) is 2.93. The molecule has 0 amide bonds. The van der Waals surface area contributed by atoms with Gasteiger partial charge in [0.15, 0.2) is 11.5 Å². The highest BCUT2D eigenvalue weighted by atomic mass is 32.2. The van der Waals surface area contributed by atoms with Gasteiger partial charge in [-0.15, -0.1) is 0 Å². The number of rotatable bonds is 7. The summed E-state index contributed by atoms with van der Waals surface area (Å²) in [6.45, 7) is 6.35. The summed E-state index contributed by atoms with van der Waals surface area (Å²) < 4.78 is 34.3. The Morgan fingerprint density at radius 3 is 1.83 bits per heavy atom. The maximum Gasteiger partial charge on any atom is 0.306 e. The average Bonchev–Trinajstić information content (AvgIpc) is 2.68. The molecule has 30 heavy (non-hydrogen) atoms. The van der Waals surface area contributed by atoms with Gasteiger partial charge < -0.3 is 8.92 Å². The number of aryl methyl sites for hydroxylation is 1. The molecule has 0 bridgehead atoms. The van der Waals surface area contributed by atoms with Crippen molar-refractivity contribution in [3.63, 3.8) is 0 Å². The van der Waals surface area contributed by atoms with E-state index < -0.39 is 10.1 Å². The van der Waals surface area contributed by atoms with Gasteiger partial charge in [-0.2, -0.15) is 8.42 Å². The number of ether oxygens (including phenoxy) is 1. The van der Waals surface area contributed by atoms with Crippen molar-refractivity contribution in [3.05, 3.63) is 83.9 Å². The fourth-order valence-corrected chi connectivity index (χ4v) is 3.39. The van der Waals surface area contributed by atoms with E-state index in [2.05, 4.69) is 43.3 Å². The van der Waals surface area contributed by atoms with Gasteiger partial charge in [-0.25, -0.2) is 0 Å². The summed E-state index contributed by atoms with van der Waals surface area (Å²) in [5.74, 6) is 0.567. The Labute approximate surface area is 178 Å². The topological polar surface area (TPSA) is 52.6 Å². The molecule has 0 atom stereocenters. The van der Waals surface area contributed by atoms with Crippen LogP contribution in [0.3, 0.4) is 0 Å². The predicted octanol–water partition coefficient (Wildman–Crippen LogP) is 6.01. The molecule has 5 heteroatoms. The molecule has 0 saturated carbocycles. The first-order valence-electron chi connectivity index (χ1n) is 9.68. The van der Waals surface area contributed by atoms with Crippen LogP contribution in [-0.4, -0.2) is 21.3 Å². The Morgan fingerprint density at radius 2 is 1.30 bits per heavy atom. The lowest BCUT2D eigenvalue weighted by Crippen LogP contribution is -2.07. The zero-order valence-electron chi connectivity index (χ0n) is 17.7. The van der Waals surface area contributed by atoms with Crippen molar-refractivity contribution >= 4 is 10.1 Å². The molecule has 0 fully saturated rings. The Morgan fingerprint density at radius 1 is 0.800 bits per heavy atom. The molecule has 0 spiro atoms. The molecule has 0 aliphatic heterocycles. The summed E-state index contributed by atoms with van der Waals surface area (Å²) in [5, 5.41) is 0. The van der Waals surface area contributed by atoms with E-state index in [1.165, 1.54) is 5.56 Å². The lowest BCUT2D eigenvalue weighted by Gasteiger charge is -2.13. The molecule has 0 aliphatic carbocycles. The van der Waals surface area contributed by atoms with Gasteiger partial charge >= 0.3 is 10.1 Å². The van der Waals surface area contributed by atoms with Gasteiger partial charge in [-0.3, -0.25) is 0 Å². The molecule has 3 aromatic rings. The maximum atomic E-state index is 11.7. The van der Waals surface area contributed by atoms with E-state index in [1.54, 1.807) is 12.1 Å². The molecule has 0 heterocycles. The molecule has 3 aromatic carbocycles. The summed E-state index contributed by atoms with van der Waals surface area (Å²) in [6, 6.07) is 21.8. The molecule has 0 saturated heterocycles. The molecular formula is C25H26O4S. The molecule has 3 rings (SSSR count). The summed E-state index contributed by atoms with van der Waals surface area (Å²) in [4.78, 5) is 0. The van der Waals surface area contributed by atoms with Crippen LogP contribution in [0.1, 0.15) is 19.4 Å². The third-order valence-corrected chi connectivity index (χ3v) is 5.00. The molecule has 0 N–H and O–H groups in total. The standard InChI is InChI=1S/C25H26O4S/c1-18(2)15-16-28-24-14-13-23(17-25(24)29-30(4,26)27)22-11-9-21(10-12-22)20-7-5-19(3)6-8-20/h5-15,17H,16H2,1-4H3. The zero-order chi connectivity index (χ0) is 21.7. The second-order valence-corrected chi connectivity index (χ2v) is 9.06. The van der Waals surface area contributed by atoms with E-state index in [9.17, 15) is 8.42 Å². The van der Waals surface area contributed by atoms with Gasteiger partial charge in [0.1, 0.15) is 6.61 Å². The number of allylic oxidation sites excluding steroid dienone is 1. The van der Waals surface area contributed by atoms with Gasteiger partial charge in [0.25, 0.3) is 0 Å². The summed E-state index contributed by atoms with van der Waals surface area (Å²) in [7, 11) is -3.68. The third kappa shape index (κ3) is 5.97. The van der Waals surface area contributed by atoms with Crippen LogP contribution < -0.4 is 8.92 Å². The number of hydrogen-bond donors (Lipinski definition) is 0. The van der Waals surface area contributed by atoms with Crippen molar-refractivity contribution in [1.82, 2.24) is 0 Å². The first-order chi connectivity index (χ1) is 14.2. The molecule has 4 nitrogen and oxygen atoms in total. The van der Waals surface area contributed by atoms with Crippen molar-refractivity contribution in [3.8, 4) is 33.8 Å². The van der Waals surface area contributed by atoms with Crippen LogP contribution in [0, 0.1) is 6.92 Å². The Balaban J connectivity index is 1.90. The highest BCUT2D eigenvalue weighted by molar-refractivity contribution is 7.86. The van der Waals surface area contributed by atoms with Crippen molar-refractivity contribution < 1.29 is 17.3 Å². The van der Waals surface area contributed by atoms with Crippen LogP contribution in [0.2, 0.25) is 0 Å². The quantitative estimate of drug-likeness (QED) is 0.345.